The molecule has 1 aromatic carbocycles. The van der Waals surface area contributed by atoms with E-state index < -0.39 is 0 Å². The lowest BCUT2D eigenvalue weighted by atomic mass is 9.84. The van der Waals surface area contributed by atoms with E-state index >= 15 is 0 Å². The summed E-state index contributed by atoms with van der Waals surface area (Å²) in [6.07, 6.45) is 10.5. The zero-order valence-electron chi connectivity index (χ0n) is 10.9. The van der Waals surface area contributed by atoms with Crippen LogP contribution in [0, 0.1) is 11.3 Å². The van der Waals surface area contributed by atoms with Crippen LogP contribution in [-0.2, 0) is 0 Å². The molecule has 1 aromatic rings. The summed E-state index contributed by atoms with van der Waals surface area (Å²) in [6, 6.07) is 9.84. The minimum atomic E-state index is 0.563. The predicted molar refractivity (Wildman–Crippen MR) is 78.1 cm³/mol. The highest BCUT2D eigenvalue weighted by Gasteiger charge is 2.14. The van der Waals surface area contributed by atoms with Gasteiger partial charge in [-0.3, -0.25) is 0 Å². The Morgan fingerprint density at radius 1 is 1.06 bits per heavy atom. The summed E-state index contributed by atoms with van der Waals surface area (Å²) in [7, 11) is 0. The summed E-state index contributed by atoms with van der Waals surface area (Å²) in [6.45, 7) is 4.16. The molecular weight excluding hydrogens is 218 g/mol. The van der Waals surface area contributed by atoms with E-state index in [0.717, 1.165) is 5.56 Å². The number of hydrogen-bond acceptors (Lipinski definition) is 1. The minimum absolute atomic E-state index is 0.563. The minimum Gasteiger partial charge on any atom is -0.300 e. The lowest BCUT2D eigenvalue weighted by Gasteiger charge is -2.21. The monoisotopic (exact) mass is 239 g/mol. The fourth-order valence-corrected chi connectivity index (χ4v) is 2.51. The van der Waals surface area contributed by atoms with Gasteiger partial charge in [0.1, 0.15) is 0 Å². The van der Waals surface area contributed by atoms with Crippen LogP contribution in [0.2, 0.25) is 0 Å². The fraction of sp³-hybridized carbons (Fsp3) is 0.353. The molecule has 1 fully saturated rings. The standard InChI is InChI=1S/C17H21N/c1-14(15-8-4-2-5-9-15)12-13-17(18)16-10-6-3-7-11-16/h3,6-7,10-13,15,18H,1-2,4-5,8-9H2/b13-12-,18-17?. The average molecular weight is 239 g/mol. The molecule has 0 saturated heterocycles. The maximum Gasteiger partial charge on any atom is 0.0612 e. The first-order valence-electron chi connectivity index (χ1n) is 6.78. The zero-order valence-corrected chi connectivity index (χ0v) is 10.9. The topological polar surface area (TPSA) is 23.9 Å². The van der Waals surface area contributed by atoms with Gasteiger partial charge >= 0.3 is 0 Å². The van der Waals surface area contributed by atoms with Crippen LogP contribution in [0.5, 0.6) is 0 Å². The number of hydrogen-bond donors (Lipinski definition) is 1. The van der Waals surface area contributed by atoms with Crippen molar-refractivity contribution in [3.05, 3.63) is 60.2 Å². The Kier molecular flexibility index (Phi) is 4.52. The lowest BCUT2D eigenvalue weighted by Crippen LogP contribution is -2.07. The van der Waals surface area contributed by atoms with Crippen molar-refractivity contribution in [2.45, 2.75) is 32.1 Å². The van der Waals surface area contributed by atoms with E-state index in [2.05, 4.69) is 6.58 Å². The van der Waals surface area contributed by atoms with Gasteiger partial charge in [0.05, 0.1) is 5.71 Å². The van der Waals surface area contributed by atoms with Crippen molar-refractivity contribution in [2.75, 3.05) is 0 Å². The van der Waals surface area contributed by atoms with E-state index in [1.165, 1.54) is 37.7 Å². The first-order valence-corrected chi connectivity index (χ1v) is 6.78. The molecule has 0 amide bonds. The molecule has 0 unspecified atom stereocenters. The summed E-state index contributed by atoms with van der Waals surface area (Å²) in [5.74, 6) is 0.638. The van der Waals surface area contributed by atoms with Gasteiger partial charge in [-0.15, -0.1) is 0 Å². The van der Waals surface area contributed by atoms with E-state index in [0.29, 0.717) is 11.6 Å². The maximum atomic E-state index is 8.01. The van der Waals surface area contributed by atoms with Gasteiger partial charge in [0, 0.05) is 0 Å². The van der Waals surface area contributed by atoms with Crippen LogP contribution < -0.4 is 0 Å². The highest BCUT2D eigenvalue weighted by molar-refractivity contribution is 6.06. The number of benzene rings is 1. The second-order valence-electron chi connectivity index (χ2n) is 5.02. The Morgan fingerprint density at radius 2 is 1.72 bits per heavy atom. The molecule has 0 aliphatic heterocycles. The summed E-state index contributed by atoms with van der Waals surface area (Å²) < 4.78 is 0. The predicted octanol–water partition coefficient (Wildman–Crippen LogP) is 4.75. The van der Waals surface area contributed by atoms with Crippen LogP contribution in [0.3, 0.4) is 0 Å². The van der Waals surface area contributed by atoms with Crippen molar-refractivity contribution in [3.63, 3.8) is 0 Å². The Balaban J connectivity index is 1.94. The normalized spacial score (nSPS) is 16.9. The lowest BCUT2D eigenvalue weighted by molar-refractivity contribution is 0.409. The summed E-state index contributed by atoms with van der Waals surface area (Å²) in [5, 5.41) is 8.01. The molecular formula is C17H21N. The highest BCUT2D eigenvalue weighted by atomic mass is 14.4. The van der Waals surface area contributed by atoms with E-state index in [9.17, 15) is 0 Å². The number of allylic oxidation sites excluding steroid dienone is 3. The van der Waals surface area contributed by atoms with Crippen LogP contribution >= 0.6 is 0 Å². The second kappa shape index (κ2) is 6.34. The summed E-state index contributed by atoms with van der Waals surface area (Å²) in [4.78, 5) is 0. The molecule has 1 N–H and O–H groups in total. The zero-order chi connectivity index (χ0) is 12.8. The number of nitrogens with one attached hydrogen (secondary N) is 1. The van der Waals surface area contributed by atoms with Crippen molar-refractivity contribution < 1.29 is 0 Å². The van der Waals surface area contributed by atoms with E-state index in [1.54, 1.807) is 0 Å². The molecule has 0 radical (unpaired) electrons. The molecule has 1 heteroatoms. The van der Waals surface area contributed by atoms with Crippen molar-refractivity contribution in [2.24, 2.45) is 5.92 Å². The van der Waals surface area contributed by atoms with E-state index in [1.807, 2.05) is 42.5 Å². The van der Waals surface area contributed by atoms with Crippen LogP contribution in [0.15, 0.2) is 54.6 Å². The largest absolute Gasteiger partial charge is 0.300 e. The molecule has 1 aliphatic carbocycles. The Morgan fingerprint density at radius 3 is 2.39 bits per heavy atom. The first kappa shape index (κ1) is 12.8. The maximum absolute atomic E-state index is 8.01. The number of rotatable bonds is 4. The fourth-order valence-electron chi connectivity index (χ4n) is 2.51. The molecule has 0 atom stereocenters. The van der Waals surface area contributed by atoms with Gasteiger partial charge in [0.2, 0.25) is 0 Å². The SMILES string of the molecule is C=C(/C=C\C(=N)c1ccccc1)C1CCCCC1. The third kappa shape index (κ3) is 3.43. The van der Waals surface area contributed by atoms with Crippen molar-refractivity contribution in [3.8, 4) is 0 Å². The van der Waals surface area contributed by atoms with Gasteiger partial charge in [0.15, 0.2) is 0 Å². The smallest absolute Gasteiger partial charge is 0.0612 e. The third-order valence-electron chi connectivity index (χ3n) is 3.68. The third-order valence-corrected chi connectivity index (χ3v) is 3.68. The Labute approximate surface area is 110 Å². The molecule has 0 heterocycles. The molecule has 1 nitrogen and oxygen atoms in total. The van der Waals surface area contributed by atoms with Gasteiger partial charge in [-0.1, -0.05) is 67.8 Å². The van der Waals surface area contributed by atoms with Gasteiger partial charge in [-0.2, -0.15) is 0 Å². The van der Waals surface area contributed by atoms with Crippen LogP contribution in [-0.4, -0.2) is 5.71 Å². The molecule has 0 aromatic heterocycles. The Bertz CT molecular complexity index is 436. The summed E-state index contributed by atoms with van der Waals surface area (Å²) in [5.41, 5.74) is 2.72. The highest BCUT2D eigenvalue weighted by Crippen LogP contribution is 2.29. The molecule has 94 valence electrons. The average Bonchev–Trinajstić information content (AvgIpc) is 2.46. The van der Waals surface area contributed by atoms with Crippen LogP contribution in [0.4, 0.5) is 0 Å². The van der Waals surface area contributed by atoms with Gasteiger partial charge in [-0.05, 0) is 30.4 Å². The van der Waals surface area contributed by atoms with Crippen molar-refractivity contribution in [1.82, 2.24) is 0 Å². The molecule has 1 aliphatic rings. The van der Waals surface area contributed by atoms with Gasteiger partial charge in [-0.25, -0.2) is 0 Å². The van der Waals surface area contributed by atoms with Crippen molar-refractivity contribution >= 4 is 5.71 Å². The van der Waals surface area contributed by atoms with Crippen molar-refractivity contribution in [1.29, 1.82) is 5.41 Å². The molecule has 2 rings (SSSR count). The van der Waals surface area contributed by atoms with E-state index in [-0.39, 0.29) is 0 Å². The molecule has 0 spiro atoms. The first-order chi connectivity index (χ1) is 8.77. The van der Waals surface area contributed by atoms with E-state index in [4.69, 9.17) is 5.41 Å². The van der Waals surface area contributed by atoms with Crippen LogP contribution in [0.1, 0.15) is 37.7 Å². The quantitative estimate of drug-likeness (QED) is 0.579. The molecule has 1 saturated carbocycles. The second-order valence-corrected chi connectivity index (χ2v) is 5.02. The van der Waals surface area contributed by atoms with Gasteiger partial charge in [0.25, 0.3) is 0 Å². The van der Waals surface area contributed by atoms with Crippen LogP contribution in [0.25, 0.3) is 0 Å². The molecule has 18 heavy (non-hydrogen) atoms. The van der Waals surface area contributed by atoms with Gasteiger partial charge < -0.3 is 5.41 Å². The summed E-state index contributed by atoms with van der Waals surface area (Å²) >= 11 is 0. The Hall–Kier alpha value is -1.63. The molecule has 0 bridgehead atoms.